The smallest absolute Gasteiger partial charge is 0.329 e. The molecular weight excluding hydrogens is 234 g/mol. The lowest BCUT2D eigenvalue weighted by Gasteiger charge is -1.96. The number of azo groups is 1. The molecule has 0 saturated carbocycles. The maximum Gasteiger partial charge on any atom is 0.329 e. The van der Waals surface area contributed by atoms with Crippen LogP contribution < -0.4 is 0 Å². The van der Waals surface area contributed by atoms with E-state index >= 15 is 0 Å². The third-order valence-electron chi connectivity index (χ3n) is 2.34. The molecule has 0 saturated heterocycles. The van der Waals surface area contributed by atoms with Crippen LogP contribution in [0.2, 0.25) is 0 Å². The van der Waals surface area contributed by atoms with Gasteiger partial charge in [0, 0.05) is 5.39 Å². The average Bonchev–Trinajstić information content (AvgIpc) is 2.66. The summed E-state index contributed by atoms with van der Waals surface area (Å²) in [7, 11) is 0. The zero-order chi connectivity index (χ0) is 13.0. The standard InChI is InChI=1S/C12H13N3O3/c1-2-18-10(16)7-13-15-11-8-5-3-4-6-9(8)14-12(11)17/h3-6,14,17H,2,7H2,1H3. The van der Waals surface area contributed by atoms with Crippen LogP contribution in [-0.4, -0.2) is 29.2 Å². The Morgan fingerprint density at radius 2 is 2.22 bits per heavy atom. The minimum atomic E-state index is -0.444. The zero-order valence-electron chi connectivity index (χ0n) is 9.88. The van der Waals surface area contributed by atoms with Gasteiger partial charge >= 0.3 is 5.97 Å². The highest BCUT2D eigenvalue weighted by Gasteiger charge is 2.09. The summed E-state index contributed by atoms with van der Waals surface area (Å²) in [6.07, 6.45) is 0. The number of H-pyrrole nitrogens is 1. The highest BCUT2D eigenvalue weighted by molar-refractivity contribution is 5.94. The Bertz CT molecular complexity index is 589. The lowest BCUT2D eigenvalue weighted by molar-refractivity contribution is -0.141. The summed E-state index contributed by atoms with van der Waals surface area (Å²) in [5.41, 5.74) is 1.09. The van der Waals surface area contributed by atoms with Crippen LogP contribution in [0.4, 0.5) is 5.69 Å². The number of aromatic amines is 1. The Balaban J connectivity index is 2.18. The third-order valence-corrected chi connectivity index (χ3v) is 2.34. The Kier molecular flexibility index (Phi) is 3.57. The van der Waals surface area contributed by atoms with Crippen LogP contribution in [0.1, 0.15) is 6.92 Å². The molecule has 0 atom stereocenters. The number of rotatable bonds is 4. The molecule has 2 rings (SSSR count). The number of hydrogen-bond acceptors (Lipinski definition) is 5. The van der Waals surface area contributed by atoms with Gasteiger partial charge in [-0.2, -0.15) is 5.11 Å². The molecule has 0 aliphatic rings. The Labute approximate surface area is 103 Å². The van der Waals surface area contributed by atoms with Gasteiger partial charge in [0.15, 0.2) is 12.2 Å². The summed E-state index contributed by atoms with van der Waals surface area (Å²) in [5, 5.41) is 18.0. The number of nitrogens with one attached hydrogen (secondary N) is 1. The molecule has 1 aromatic carbocycles. The number of esters is 1. The lowest BCUT2D eigenvalue weighted by Crippen LogP contribution is -2.06. The van der Waals surface area contributed by atoms with Crippen molar-refractivity contribution in [3.63, 3.8) is 0 Å². The van der Waals surface area contributed by atoms with Crippen LogP contribution in [0.5, 0.6) is 5.88 Å². The number of fused-ring (bicyclic) bond motifs is 1. The van der Waals surface area contributed by atoms with E-state index in [1.807, 2.05) is 24.3 Å². The van der Waals surface area contributed by atoms with Gasteiger partial charge < -0.3 is 14.8 Å². The van der Waals surface area contributed by atoms with E-state index in [1.165, 1.54) is 0 Å². The molecule has 0 bridgehead atoms. The molecule has 18 heavy (non-hydrogen) atoms. The first-order valence-corrected chi connectivity index (χ1v) is 5.55. The van der Waals surface area contributed by atoms with Crippen LogP contribution in [0, 0.1) is 0 Å². The molecule has 0 unspecified atom stereocenters. The van der Waals surface area contributed by atoms with E-state index in [-0.39, 0.29) is 12.4 Å². The number of nitrogens with zero attached hydrogens (tertiary/aromatic N) is 2. The number of aromatic hydroxyl groups is 1. The van der Waals surface area contributed by atoms with Crippen LogP contribution in [0.3, 0.4) is 0 Å². The quantitative estimate of drug-likeness (QED) is 0.642. The Morgan fingerprint density at radius 1 is 1.44 bits per heavy atom. The lowest BCUT2D eigenvalue weighted by atomic mass is 10.2. The topological polar surface area (TPSA) is 87.0 Å². The van der Waals surface area contributed by atoms with Gasteiger partial charge in [-0.1, -0.05) is 18.2 Å². The summed E-state index contributed by atoms with van der Waals surface area (Å²) in [6.45, 7) is 1.88. The number of carbonyl (C=O) groups is 1. The number of hydrogen-bond donors (Lipinski definition) is 2. The third kappa shape index (κ3) is 2.48. The second-order valence-electron chi connectivity index (χ2n) is 3.57. The normalized spacial score (nSPS) is 11.2. The molecule has 6 nitrogen and oxygen atoms in total. The average molecular weight is 247 g/mol. The fourth-order valence-electron chi connectivity index (χ4n) is 1.58. The van der Waals surface area contributed by atoms with Gasteiger partial charge in [-0.3, -0.25) is 0 Å². The first kappa shape index (κ1) is 12.1. The summed E-state index contributed by atoms with van der Waals surface area (Å²) >= 11 is 0. The van der Waals surface area contributed by atoms with Gasteiger partial charge in [0.25, 0.3) is 0 Å². The number of benzene rings is 1. The largest absolute Gasteiger partial charge is 0.493 e. The Morgan fingerprint density at radius 3 is 3.00 bits per heavy atom. The molecule has 0 spiro atoms. The first-order chi connectivity index (χ1) is 8.72. The van der Waals surface area contributed by atoms with Crippen LogP contribution in [0.15, 0.2) is 34.5 Å². The van der Waals surface area contributed by atoms with Gasteiger partial charge in [-0.15, -0.1) is 5.11 Å². The molecule has 6 heteroatoms. The summed E-state index contributed by atoms with van der Waals surface area (Å²) in [4.78, 5) is 13.8. The zero-order valence-corrected chi connectivity index (χ0v) is 9.88. The van der Waals surface area contributed by atoms with Gasteiger partial charge in [-0.05, 0) is 13.0 Å². The molecule has 0 amide bonds. The second kappa shape index (κ2) is 5.31. The molecule has 1 aromatic heterocycles. The maximum atomic E-state index is 11.1. The minimum absolute atomic E-state index is 0.0659. The number of ether oxygens (including phenoxy) is 1. The SMILES string of the molecule is CCOC(=O)CN=Nc1c(O)[nH]c2ccccc12. The minimum Gasteiger partial charge on any atom is -0.493 e. The van der Waals surface area contributed by atoms with E-state index in [2.05, 4.69) is 15.2 Å². The van der Waals surface area contributed by atoms with Crippen LogP contribution in [0.25, 0.3) is 10.9 Å². The summed E-state index contributed by atoms with van der Waals surface area (Å²) in [6, 6.07) is 7.31. The summed E-state index contributed by atoms with van der Waals surface area (Å²) in [5.74, 6) is -0.510. The molecule has 0 aliphatic carbocycles. The van der Waals surface area contributed by atoms with Gasteiger partial charge in [0.1, 0.15) is 0 Å². The van der Waals surface area contributed by atoms with Crippen molar-refractivity contribution in [3.8, 4) is 5.88 Å². The van der Waals surface area contributed by atoms with E-state index in [0.29, 0.717) is 12.3 Å². The van der Waals surface area contributed by atoms with Crippen molar-refractivity contribution in [2.24, 2.45) is 10.2 Å². The van der Waals surface area contributed by atoms with Crippen molar-refractivity contribution in [3.05, 3.63) is 24.3 Å². The van der Waals surface area contributed by atoms with Crippen molar-refractivity contribution in [1.82, 2.24) is 4.98 Å². The Hall–Kier alpha value is -2.37. The van der Waals surface area contributed by atoms with Crippen molar-refractivity contribution in [2.75, 3.05) is 13.2 Å². The van der Waals surface area contributed by atoms with Crippen molar-refractivity contribution in [2.45, 2.75) is 6.92 Å². The number of aromatic nitrogens is 1. The fraction of sp³-hybridized carbons (Fsp3) is 0.250. The summed E-state index contributed by atoms with van der Waals surface area (Å²) < 4.78 is 4.72. The van der Waals surface area contributed by atoms with E-state index in [4.69, 9.17) is 4.74 Å². The van der Waals surface area contributed by atoms with Crippen molar-refractivity contribution < 1.29 is 14.6 Å². The van der Waals surface area contributed by atoms with Crippen LogP contribution in [-0.2, 0) is 9.53 Å². The number of para-hydroxylation sites is 1. The fourth-order valence-corrected chi connectivity index (χ4v) is 1.58. The monoisotopic (exact) mass is 247 g/mol. The maximum absolute atomic E-state index is 11.1. The van der Waals surface area contributed by atoms with E-state index in [9.17, 15) is 9.90 Å². The highest BCUT2D eigenvalue weighted by atomic mass is 16.5. The molecule has 0 aliphatic heterocycles. The van der Waals surface area contributed by atoms with Gasteiger partial charge in [0.2, 0.25) is 5.88 Å². The van der Waals surface area contributed by atoms with Gasteiger partial charge in [0.05, 0.1) is 12.1 Å². The number of carbonyl (C=O) groups excluding carboxylic acids is 1. The molecule has 2 aromatic rings. The van der Waals surface area contributed by atoms with Crippen molar-refractivity contribution in [1.29, 1.82) is 0 Å². The predicted octanol–water partition coefficient (Wildman–Crippen LogP) is 2.52. The molecule has 2 N–H and O–H groups in total. The molecule has 1 heterocycles. The van der Waals surface area contributed by atoms with Crippen LogP contribution >= 0.6 is 0 Å². The molecule has 0 radical (unpaired) electrons. The predicted molar refractivity (Wildman–Crippen MR) is 66.0 cm³/mol. The first-order valence-electron chi connectivity index (χ1n) is 5.55. The molecular formula is C12H13N3O3. The molecule has 0 fully saturated rings. The second-order valence-corrected chi connectivity index (χ2v) is 3.57. The van der Waals surface area contributed by atoms with Gasteiger partial charge in [-0.25, -0.2) is 4.79 Å². The molecule has 94 valence electrons. The van der Waals surface area contributed by atoms with E-state index in [1.54, 1.807) is 6.92 Å². The van der Waals surface area contributed by atoms with Crippen molar-refractivity contribution >= 4 is 22.6 Å². The van der Waals surface area contributed by atoms with E-state index in [0.717, 1.165) is 10.9 Å². The van der Waals surface area contributed by atoms with E-state index < -0.39 is 5.97 Å². The highest BCUT2D eigenvalue weighted by Crippen LogP contribution is 2.34.